The van der Waals surface area contributed by atoms with E-state index in [2.05, 4.69) is 5.32 Å². The fourth-order valence-corrected chi connectivity index (χ4v) is 2.39. The molecule has 1 aliphatic carbocycles. The van der Waals surface area contributed by atoms with Gasteiger partial charge in [0.1, 0.15) is 5.82 Å². The summed E-state index contributed by atoms with van der Waals surface area (Å²) in [6.07, 6.45) is 1.93. The van der Waals surface area contributed by atoms with Gasteiger partial charge in [0, 0.05) is 18.7 Å². The number of hydrogen-bond acceptors (Lipinski definition) is 4. The number of carbonyl (C=O) groups excluding carboxylic acids is 1. The molecule has 114 valence electrons. The number of non-ortho nitro benzene ring substituents is 1. The van der Waals surface area contributed by atoms with Gasteiger partial charge in [-0.15, -0.1) is 0 Å². The Hall–Kier alpha value is -2.02. The molecule has 1 aliphatic rings. The average molecular weight is 295 g/mol. The molecule has 0 spiro atoms. The molecule has 7 heteroatoms. The lowest BCUT2D eigenvalue weighted by molar-refractivity contribution is -0.385. The number of carbonyl (C=O) groups is 1. The van der Waals surface area contributed by atoms with Gasteiger partial charge in [-0.1, -0.05) is 0 Å². The van der Waals surface area contributed by atoms with Crippen molar-refractivity contribution in [2.45, 2.75) is 32.2 Å². The van der Waals surface area contributed by atoms with Gasteiger partial charge in [-0.2, -0.15) is 0 Å². The van der Waals surface area contributed by atoms with E-state index in [1.807, 2.05) is 6.92 Å². The van der Waals surface area contributed by atoms with E-state index in [1.54, 1.807) is 0 Å². The topological polar surface area (TPSA) is 98.3 Å². The first-order valence-corrected chi connectivity index (χ1v) is 6.75. The molecule has 1 amide bonds. The maximum atomic E-state index is 14.1. The van der Waals surface area contributed by atoms with Crippen molar-refractivity contribution in [2.24, 2.45) is 11.7 Å². The highest BCUT2D eigenvalue weighted by Crippen LogP contribution is 2.39. The van der Waals surface area contributed by atoms with Crippen molar-refractivity contribution in [3.63, 3.8) is 0 Å². The number of nitrogens with two attached hydrogens (primary N) is 1. The summed E-state index contributed by atoms with van der Waals surface area (Å²) in [6, 6.07) is 2.07. The Kier molecular flexibility index (Phi) is 3.95. The zero-order valence-electron chi connectivity index (χ0n) is 12.0. The van der Waals surface area contributed by atoms with Gasteiger partial charge in [0.15, 0.2) is 0 Å². The van der Waals surface area contributed by atoms with Crippen LogP contribution in [-0.2, 0) is 0 Å². The first-order chi connectivity index (χ1) is 9.78. The van der Waals surface area contributed by atoms with E-state index in [-0.39, 0.29) is 29.3 Å². The highest BCUT2D eigenvalue weighted by atomic mass is 19.1. The van der Waals surface area contributed by atoms with Crippen LogP contribution in [0.5, 0.6) is 0 Å². The van der Waals surface area contributed by atoms with Gasteiger partial charge in [0.25, 0.3) is 11.6 Å². The molecule has 1 fully saturated rings. The van der Waals surface area contributed by atoms with Crippen molar-refractivity contribution < 1.29 is 14.1 Å². The molecule has 1 saturated carbocycles. The molecule has 1 unspecified atom stereocenters. The number of hydrogen-bond donors (Lipinski definition) is 2. The van der Waals surface area contributed by atoms with Crippen LogP contribution >= 0.6 is 0 Å². The molecule has 3 N–H and O–H groups in total. The third-order valence-corrected chi connectivity index (χ3v) is 4.00. The summed E-state index contributed by atoms with van der Waals surface area (Å²) in [5, 5.41) is 13.6. The Bertz CT molecular complexity index is 601. The van der Waals surface area contributed by atoms with E-state index in [9.17, 15) is 19.3 Å². The Balaban J connectivity index is 2.32. The van der Waals surface area contributed by atoms with Crippen molar-refractivity contribution in [3.8, 4) is 0 Å². The van der Waals surface area contributed by atoms with E-state index in [0.29, 0.717) is 0 Å². The minimum atomic E-state index is -0.742. The van der Waals surface area contributed by atoms with Gasteiger partial charge >= 0.3 is 0 Å². The first-order valence-electron chi connectivity index (χ1n) is 6.75. The molecule has 0 bridgehead atoms. The lowest BCUT2D eigenvalue weighted by Gasteiger charge is -2.29. The van der Waals surface area contributed by atoms with Crippen molar-refractivity contribution in [1.29, 1.82) is 0 Å². The van der Waals surface area contributed by atoms with Gasteiger partial charge in [0.2, 0.25) is 0 Å². The van der Waals surface area contributed by atoms with Gasteiger partial charge in [-0.3, -0.25) is 14.9 Å². The zero-order valence-corrected chi connectivity index (χ0v) is 12.0. The Morgan fingerprint density at radius 1 is 1.57 bits per heavy atom. The minimum absolute atomic E-state index is 0.0650. The summed E-state index contributed by atoms with van der Waals surface area (Å²) in [6.45, 7) is 3.44. The van der Waals surface area contributed by atoms with Gasteiger partial charge in [0.05, 0.1) is 16.0 Å². The smallest absolute Gasteiger partial charge is 0.270 e. The Morgan fingerprint density at radius 3 is 2.67 bits per heavy atom. The highest BCUT2D eigenvalue weighted by Gasteiger charge is 2.42. The molecular formula is C14H18FN3O3. The van der Waals surface area contributed by atoms with Crippen LogP contribution in [0.3, 0.4) is 0 Å². The zero-order chi connectivity index (χ0) is 15.8. The van der Waals surface area contributed by atoms with Gasteiger partial charge in [-0.05, 0) is 38.2 Å². The lowest BCUT2D eigenvalue weighted by Crippen LogP contribution is -2.53. The van der Waals surface area contributed by atoms with Crippen LogP contribution in [0.2, 0.25) is 0 Å². The van der Waals surface area contributed by atoms with Gasteiger partial charge < -0.3 is 11.1 Å². The van der Waals surface area contributed by atoms with Crippen molar-refractivity contribution in [3.05, 3.63) is 39.2 Å². The van der Waals surface area contributed by atoms with Crippen LogP contribution in [-0.4, -0.2) is 22.9 Å². The maximum Gasteiger partial charge on any atom is 0.270 e. The van der Waals surface area contributed by atoms with Crippen LogP contribution in [0.1, 0.15) is 35.7 Å². The molecule has 6 nitrogen and oxygen atoms in total. The summed E-state index contributed by atoms with van der Waals surface area (Å²) in [7, 11) is 0. The van der Waals surface area contributed by atoms with Crippen LogP contribution in [0.25, 0.3) is 0 Å². The molecule has 21 heavy (non-hydrogen) atoms. The number of nitrogens with one attached hydrogen (secondary N) is 1. The van der Waals surface area contributed by atoms with Crippen LogP contribution in [0, 0.1) is 28.8 Å². The molecule has 1 aromatic rings. The third-order valence-electron chi connectivity index (χ3n) is 4.00. The second kappa shape index (κ2) is 5.40. The number of benzene rings is 1. The van der Waals surface area contributed by atoms with E-state index in [1.165, 1.54) is 6.92 Å². The predicted octanol–water partition coefficient (Wildman–Crippen LogP) is 1.90. The number of nitro benzene ring substituents is 1. The van der Waals surface area contributed by atoms with Crippen molar-refractivity contribution >= 4 is 11.6 Å². The number of nitrogens with zero attached hydrogens (tertiary/aromatic N) is 1. The SMILES string of the molecule is Cc1cc([N+](=O)[O-])cc(C(=O)NC(C)(CN)C2CC2)c1F. The molecule has 0 saturated heterocycles. The van der Waals surface area contributed by atoms with Crippen LogP contribution < -0.4 is 11.1 Å². The van der Waals surface area contributed by atoms with Crippen molar-refractivity contribution in [2.75, 3.05) is 6.54 Å². The highest BCUT2D eigenvalue weighted by molar-refractivity contribution is 5.96. The average Bonchev–Trinajstić information content (AvgIpc) is 3.25. The van der Waals surface area contributed by atoms with Crippen molar-refractivity contribution in [1.82, 2.24) is 5.32 Å². The fraction of sp³-hybridized carbons (Fsp3) is 0.500. The maximum absolute atomic E-state index is 14.1. The summed E-state index contributed by atoms with van der Waals surface area (Å²) in [4.78, 5) is 22.5. The summed E-state index contributed by atoms with van der Waals surface area (Å²) >= 11 is 0. The monoisotopic (exact) mass is 295 g/mol. The summed E-state index contributed by atoms with van der Waals surface area (Å²) in [5.74, 6) is -1.14. The number of aryl methyl sites for hydroxylation is 1. The van der Waals surface area contributed by atoms with E-state index < -0.39 is 22.2 Å². The molecule has 0 aliphatic heterocycles. The third kappa shape index (κ3) is 3.02. The predicted molar refractivity (Wildman–Crippen MR) is 75.4 cm³/mol. The Labute approximate surface area is 121 Å². The Morgan fingerprint density at radius 2 is 2.19 bits per heavy atom. The molecule has 1 atom stereocenters. The van der Waals surface area contributed by atoms with Gasteiger partial charge in [-0.25, -0.2) is 4.39 Å². The number of nitro groups is 1. The molecular weight excluding hydrogens is 277 g/mol. The minimum Gasteiger partial charge on any atom is -0.345 e. The van der Waals surface area contributed by atoms with E-state index in [4.69, 9.17) is 5.73 Å². The fourth-order valence-electron chi connectivity index (χ4n) is 2.39. The number of rotatable bonds is 5. The van der Waals surface area contributed by atoms with E-state index in [0.717, 1.165) is 25.0 Å². The molecule has 0 aromatic heterocycles. The molecule has 2 rings (SSSR count). The normalized spacial score (nSPS) is 17.1. The number of amides is 1. The molecule has 1 aromatic carbocycles. The van der Waals surface area contributed by atoms with E-state index >= 15 is 0 Å². The standard InChI is InChI=1S/C14H18FN3O3/c1-8-5-10(18(20)21)6-11(12(8)15)13(19)17-14(2,7-16)9-3-4-9/h5-6,9H,3-4,7,16H2,1-2H3,(H,17,19). The quantitative estimate of drug-likeness (QED) is 0.640. The van der Waals surface area contributed by atoms with Crippen LogP contribution in [0.15, 0.2) is 12.1 Å². The first kappa shape index (κ1) is 15.4. The molecule has 0 radical (unpaired) electrons. The number of halogens is 1. The second-order valence-electron chi connectivity index (χ2n) is 5.73. The van der Waals surface area contributed by atoms with Crippen LogP contribution in [0.4, 0.5) is 10.1 Å². The second-order valence-corrected chi connectivity index (χ2v) is 5.73. The largest absolute Gasteiger partial charge is 0.345 e. The summed E-state index contributed by atoms with van der Waals surface area (Å²) in [5.41, 5.74) is 4.54. The molecule has 0 heterocycles. The lowest BCUT2D eigenvalue weighted by atomic mass is 9.95. The summed E-state index contributed by atoms with van der Waals surface area (Å²) < 4.78 is 14.1.